The summed E-state index contributed by atoms with van der Waals surface area (Å²) in [6, 6.07) is 12.8. The van der Waals surface area contributed by atoms with Crippen LogP contribution >= 0.6 is 11.3 Å². The van der Waals surface area contributed by atoms with Gasteiger partial charge in [-0.25, -0.2) is 12.8 Å². The van der Waals surface area contributed by atoms with Gasteiger partial charge in [-0.15, -0.1) is 11.3 Å². The number of benzene rings is 2. The lowest BCUT2D eigenvalue weighted by Crippen LogP contribution is -2.35. The zero-order valence-electron chi connectivity index (χ0n) is 18.3. The van der Waals surface area contributed by atoms with E-state index in [1.54, 1.807) is 23.5 Å². The Balaban J connectivity index is 1.63. The average molecular weight is 475 g/mol. The molecule has 4 rings (SSSR count). The first-order chi connectivity index (χ1) is 15.3. The van der Waals surface area contributed by atoms with Crippen molar-refractivity contribution in [3.05, 3.63) is 81.3 Å². The van der Waals surface area contributed by atoms with Crippen molar-refractivity contribution in [3.8, 4) is 0 Å². The van der Waals surface area contributed by atoms with Gasteiger partial charge in [-0.2, -0.15) is 0 Å². The molecule has 1 aliphatic rings. The molecule has 1 aliphatic heterocycles. The number of ether oxygens (including phenoxy) is 1. The van der Waals surface area contributed by atoms with Crippen LogP contribution in [0, 0.1) is 19.7 Å². The van der Waals surface area contributed by atoms with Crippen molar-refractivity contribution in [2.24, 2.45) is 0 Å². The van der Waals surface area contributed by atoms with Crippen LogP contribution in [0.15, 0.2) is 58.8 Å². The third-order valence-electron chi connectivity index (χ3n) is 5.70. The number of anilines is 1. The van der Waals surface area contributed by atoms with E-state index in [-0.39, 0.29) is 11.4 Å². The van der Waals surface area contributed by atoms with Gasteiger partial charge in [0.05, 0.1) is 30.3 Å². The van der Waals surface area contributed by atoms with Crippen LogP contribution in [-0.4, -0.2) is 39.6 Å². The molecule has 0 atom stereocenters. The van der Waals surface area contributed by atoms with Crippen LogP contribution in [-0.2, 0) is 27.8 Å². The normalized spacial score (nSPS) is 15.1. The highest BCUT2D eigenvalue weighted by molar-refractivity contribution is 7.92. The Morgan fingerprint density at radius 3 is 2.44 bits per heavy atom. The van der Waals surface area contributed by atoms with E-state index in [4.69, 9.17) is 4.74 Å². The number of hydrogen-bond acceptors (Lipinski definition) is 5. The predicted molar refractivity (Wildman–Crippen MR) is 126 cm³/mol. The molecule has 170 valence electrons. The second-order valence-electron chi connectivity index (χ2n) is 8.04. The molecule has 32 heavy (non-hydrogen) atoms. The van der Waals surface area contributed by atoms with Gasteiger partial charge in [0, 0.05) is 24.5 Å². The molecule has 5 nitrogen and oxygen atoms in total. The number of aryl methyl sites for hydroxylation is 2. The molecular formula is C24H27FN2O3S2. The lowest BCUT2D eigenvalue weighted by molar-refractivity contribution is 0.0342. The first kappa shape index (κ1) is 22.9. The molecule has 0 spiro atoms. The molecular weight excluding hydrogens is 447 g/mol. The summed E-state index contributed by atoms with van der Waals surface area (Å²) < 4.78 is 47.6. The molecule has 3 aromatic rings. The van der Waals surface area contributed by atoms with Crippen molar-refractivity contribution in [2.75, 3.05) is 30.6 Å². The SMILES string of the molecule is Cc1ccc(S(=O)(=O)N(Cc2cc(CN3CCOCC3)cs2)c2ccc(F)cc2)cc1C. The Morgan fingerprint density at radius 2 is 1.75 bits per heavy atom. The van der Waals surface area contributed by atoms with E-state index in [2.05, 4.69) is 16.3 Å². The van der Waals surface area contributed by atoms with Gasteiger partial charge >= 0.3 is 0 Å². The Bertz CT molecular complexity index is 1170. The summed E-state index contributed by atoms with van der Waals surface area (Å²) in [7, 11) is -3.83. The highest BCUT2D eigenvalue weighted by Gasteiger charge is 2.26. The maximum Gasteiger partial charge on any atom is 0.264 e. The summed E-state index contributed by atoms with van der Waals surface area (Å²) in [6.07, 6.45) is 0. The number of rotatable bonds is 7. The fourth-order valence-electron chi connectivity index (χ4n) is 3.68. The topological polar surface area (TPSA) is 49.9 Å². The summed E-state index contributed by atoms with van der Waals surface area (Å²) in [6.45, 7) is 8.13. The Hall–Kier alpha value is -2.26. The minimum Gasteiger partial charge on any atom is -0.379 e. The average Bonchev–Trinajstić information content (AvgIpc) is 3.22. The molecule has 0 N–H and O–H groups in total. The monoisotopic (exact) mass is 474 g/mol. The second-order valence-corrected chi connectivity index (χ2v) is 10.9. The number of thiophene rings is 1. The molecule has 0 saturated carbocycles. The second kappa shape index (κ2) is 9.70. The third-order valence-corrected chi connectivity index (χ3v) is 8.44. The van der Waals surface area contributed by atoms with Crippen LogP contribution in [0.4, 0.5) is 10.1 Å². The first-order valence-corrected chi connectivity index (χ1v) is 12.9. The van der Waals surface area contributed by atoms with Crippen molar-refractivity contribution >= 4 is 27.0 Å². The summed E-state index contributed by atoms with van der Waals surface area (Å²) in [4.78, 5) is 3.50. The highest BCUT2D eigenvalue weighted by Crippen LogP contribution is 2.29. The van der Waals surface area contributed by atoms with Gasteiger partial charge in [0.2, 0.25) is 0 Å². The highest BCUT2D eigenvalue weighted by atomic mass is 32.2. The van der Waals surface area contributed by atoms with Gasteiger partial charge in [0.15, 0.2) is 0 Å². The van der Waals surface area contributed by atoms with Crippen LogP contribution in [0.2, 0.25) is 0 Å². The van der Waals surface area contributed by atoms with Crippen LogP contribution in [0.1, 0.15) is 21.6 Å². The minimum absolute atomic E-state index is 0.189. The molecule has 8 heteroatoms. The number of halogens is 1. The predicted octanol–water partition coefficient (Wildman–Crippen LogP) is 4.73. The molecule has 1 saturated heterocycles. The first-order valence-electron chi connectivity index (χ1n) is 10.5. The number of morpholine rings is 1. The lowest BCUT2D eigenvalue weighted by atomic mass is 10.1. The van der Waals surface area contributed by atoms with Crippen molar-refractivity contribution in [1.29, 1.82) is 0 Å². The van der Waals surface area contributed by atoms with Gasteiger partial charge < -0.3 is 4.74 Å². The van der Waals surface area contributed by atoms with Gasteiger partial charge in [-0.1, -0.05) is 6.07 Å². The van der Waals surface area contributed by atoms with Crippen LogP contribution < -0.4 is 4.31 Å². The van der Waals surface area contributed by atoms with E-state index < -0.39 is 15.8 Å². The largest absolute Gasteiger partial charge is 0.379 e. The van der Waals surface area contributed by atoms with Gasteiger partial charge in [-0.3, -0.25) is 9.21 Å². The summed E-state index contributed by atoms with van der Waals surface area (Å²) in [5, 5.41) is 2.08. The molecule has 0 unspecified atom stereocenters. The van der Waals surface area contributed by atoms with Crippen LogP contribution in [0.5, 0.6) is 0 Å². The van der Waals surface area contributed by atoms with Crippen LogP contribution in [0.25, 0.3) is 0 Å². The summed E-state index contributed by atoms with van der Waals surface area (Å²) in [5.74, 6) is -0.402. The van der Waals surface area contributed by atoms with Crippen molar-refractivity contribution in [3.63, 3.8) is 0 Å². The van der Waals surface area contributed by atoms with E-state index in [9.17, 15) is 12.8 Å². The van der Waals surface area contributed by atoms with E-state index in [1.165, 1.54) is 28.6 Å². The zero-order valence-corrected chi connectivity index (χ0v) is 19.9. The smallest absolute Gasteiger partial charge is 0.264 e. The molecule has 0 amide bonds. The summed E-state index contributed by atoms with van der Waals surface area (Å²) >= 11 is 1.54. The number of sulfonamides is 1. The van der Waals surface area contributed by atoms with Gasteiger partial charge in [-0.05, 0) is 78.4 Å². The van der Waals surface area contributed by atoms with E-state index in [0.29, 0.717) is 5.69 Å². The van der Waals surface area contributed by atoms with E-state index in [0.717, 1.165) is 54.4 Å². The molecule has 1 fully saturated rings. The lowest BCUT2D eigenvalue weighted by Gasteiger charge is -2.26. The van der Waals surface area contributed by atoms with Gasteiger partial charge in [0.25, 0.3) is 10.0 Å². The van der Waals surface area contributed by atoms with Crippen molar-refractivity contribution < 1.29 is 17.5 Å². The van der Waals surface area contributed by atoms with Crippen molar-refractivity contribution in [2.45, 2.75) is 31.8 Å². The Kier molecular flexibility index (Phi) is 6.95. The summed E-state index contributed by atoms with van der Waals surface area (Å²) in [5.41, 5.74) is 3.54. The standard InChI is InChI=1S/C24H27FN2O3S2/c1-18-3-8-24(13-19(18)2)32(28,29)27(22-6-4-21(25)5-7-22)16-23-14-20(17-31-23)15-26-9-11-30-12-10-26/h3-8,13-14,17H,9-12,15-16H2,1-2H3. The minimum atomic E-state index is -3.83. The maximum absolute atomic E-state index is 13.6. The fourth-order valence-corrected chi connectivity index (χ4v) is 6.15. The van der Waals surface area contributed by atoms with Gasteiger partial charge in [0.1, 0.15) is 5.82 Å². The van der Waals surface area contributed by atoms with Crippen molar-refractivity contribution in [1.82, 2.24) is 4.90 Å². The molecule has 2 heterocycles. The number of hydrogen-bond donors (Lipinski definition) is 0. The van der Waals surface area contributed by atoms with E-state index in [1.807, 2.05) is 19.9 Å². The maximum atomic E-state index is 13.6. The quantitative estimate of drug-likeness (QED) is 0.497. The number of nitrogens with zero attached hydrogens (tertiary/aromatic N) is 2. The molecule has 1 aromatic heterocycles. The molecule has 2 aromatic carbocycles. The van der Waals surface area contributed by atoms with E-state index >= 15 is 0 Å². The Morgan fingerprint density at radius 1 is 1.03 bits per heavy atom. The molecule has 0 bridgehead atoms. The molecule has 0 aliphatic carbocycles. The molecule has 0 radical (unpaired) electrons. The van der Waals surface area contributed by atoms with Crippen LogP contribution in [0.3, 0.4) is 0 Å². The third kappa shape index (κ3) is 5.20. The Labute approximate surface area is 193 Å². The zero-order chi connectivity index (χ0) is 22.7. The fraction of sp³-hybridized carbons (Fsp3) is 0.333.